The Morgan fingerprint density at radius 3 is 2.38 bits per heavy atom. The van der Waals surface area contributed by atoms with Gasteiger partial charge < -0.3 is 29.4 Å². The van der Waals surface area contributed by atoms with Crippen molar-refractivity contribution in [1.82, 2.24) is 19.3 Å². The van der Waals surface area contributed by atoms with E-state index in [4.69, 9.17) is 19.9 Å². The summed E-state index contributed by atoms with van der Waals surface area (Å²) in [6.07, 6.45) is 10.1. The van der Waals surface area contributed by atoms with E-state index in [1.165, 1.54) is 16.7 Å². The maximum atomic E-state index is 13.9. The lowest BCUT2D eigenvalue weighted by Gasteiger charge is -2.46. The number of nitrogens with two attached hydrogens (primary N) is 1. The molecule has 1 aliphatic carbocycles. The lowest BCUT2D eigenvalue weighted by atomic mass is 9.80. The number of benzene rings is 2. The van der Waals surface area contributed by atoms with E-state index < -0.39 is 0 Å². The van der Waals surface area contributed by atoms with Gasteiger partial charge in [-0.25, -0.2) is 0 Å². The molecule has 7 rings (SSSR count). The molecule has 4 aliphatic rings. The SMILES string of the molecule is COc1cc(-c2cn(C)c(=O)c(C)c2C)ccc1OC1CCC(Cc2cccc3c2CCN(C(=O)/C(N)=C/C(C)(C)N2CCN(C4COC4)CC2)C3C)CC1. The van der Waals surface area contributed by atoms with E-state index in [9.17, 15) is 9.59 Å². The molecule has 2 aromatic carbocycles. The van der Waals surface area contributed by atoms with Crippen LogP contribution in [0.1, 0.15) is 80.3 Å². The molecular weight excluding hydrogens is 691 g/mol. The third kappa shape index (κ3) is 8.09. The Labute approximate surface area is 327 Å². The smallest absolute Gasteiger partial charge is 0.269 e. The van der Waals surface area contributed by atoms with E-state index in [0.29, 0.717) is 30.0 Å². The predicted molar refractivity (Wildman–Crippen MR) is 218 cm³/mol. The Kier molecular flexibility index (Phi) is 11.5. The predicted octanol–water partition coefficient (Wildman–Crippen LogP) is 5.94. The highest BCUT2D eigenvalue weighted by Crippen LogP contribution is 2.39. The monoisotopic (exact) mass is 751 g/mol. The fraction of sp³-hybridized carbons (Fsp3) is 0.556. The Hall–Kier alpha value is -4.12. The number of carbonyl (C=O) groups is 1. The van der Waals surface area contributed by atoms with Crippen LogP contribution in [-0.2, 0) is 29.4 Å². The first kappa shape index (κ1) is 39.1. The van der Waals surface area contributed by atoms with Gasteiger partial charge in [0, 0.05) is 62.6 Å². The van der Waals surface area contributed by atoms with Crippen molar-refractivity contribution in [3.8, 4) is 22.6 Å². The average Bonchev–Trinajstić information content (AvgIpc) is 3.16. The van der Waals surface area contributed by atoms with Crippen molar-refractivity contribution in [3.05, 3.63) is 92.5 Å². The van der Waals surface area contributed by atoms with Crippen LogP contribution in [0, 0.1) is 19.8 Å². The number of aryl methyl sites for hydroxylation is 1. The maximum absolute atomic E-state index is 13.9. The first-order valence-electron chi connectivity index (χ1n) is 20.3. The third-order valence-corrected chi connectivity index (χ3v) is 13.1. The summed E-state index contributed by atoms with van der Waals surface area (Å²) in [5, 5.41) is 0. The zero-order chi connectivity index (χ0) is 39.0. The topological polar surface area (TPSA) is 102 Å². The summed E-state index contributed by atoms with van der Waals surface area (Å²) < 4.78 is 19.4. The summed E-state index contributed by atoms with van der Waals surface area (Å²) in [6, 6.07) is 13.3. The fourth-order valence-corrected chi connectivity index (χ4v) is 9.35. The number of amides is 1. The van der Waals surface area contributed by atoms with E-state index in [1.807, 2.05) is 43.2 Å². The molecule has 10 heteroatoms. The van der Waals surface area contributed by atoms with Crippen molar-refractivity contribution < 1.29 is 19.0 Å². The highest BCUT2D eigenvalue weighted by molar-refractivity contribution is 5.93. The Morgan fingerprint density at radius 2 is 1.71 bits per heavy atom. The second kappa shape index (κ2) is 16.2. The van der Waals surface area contributed by atoms with Crippen molar-refractivity contribution in [1.29, 1.82) is 0 Å². The van der Waals surface area contributed by atoms with Gasteiger partial charge in [0.1, 0.15) is 0 Å². The van der Waals surface area contributed by atoms with Crippen molar-refractivity contribution in [2.24, 2.45) is 18.7 Å². The molecule has 1 unspecified atom stereocenters. The van der Waals surface area contributed by atoms with Crippen LogP contribution in [0.3, 0.4) is 0 Å². The van der Waals surface area contributed by atoms with Crippen LogP contribution < -0.4 is 20.8 Å². The van der Waals surface area contributed by atoms with Gasteiger partial charge in [-0.1, -0.05) is 24.3 Å². The first-order chi connectivity index (χ1) is 26.3. The standard InChI is InChI=1S/C45H61N5O5/c1-29-30(2)43(51)47(6)26-39(29)34-13-16-41(42(24-34)53-7)55-36-14-11-32(12-15-36)23-33-9-8-10-37-31(3)50(18-17-38(33)37)44(52)40(46)25-45(4,5)49-21-19-48(20-22-49)35-27-54-28-35/h8-10,13,16,24-26,31-32,35-36H,11-12,14-15,17-23,27-28,46H2,1-7H3/b40-25-. The zero-order valence-electron chi connectivity index (χ0n) is 34.0. The number of methoxy groups -OCH3 is 1. The van der Waals surface area contributed by atoms with Gasteiger partial charge in [-0.3, -0.25) is 19.4 Å². The molecule has 3 fully saturated rings. The number of hydrogen-bond acceptors (Lipinski definition) is 8. The van der Waals surface area contributed by atoms with Gasteiger partial charge in [0.2, 0.25) is 0 Å². The maximum Gasteiger partial charge on any atom is 0.269 e. The third-order valence-electron chi connectivity index (χ3n) is 13.1. The van der Waals surface area contributed by atoms with Crippen molar-refractivity contribution in [2.75, 3.05) is 53.0 Å². The summed E-state index contributed by atoms with van der Waals surface area (Å²) in [6.45, 7) is 16.7. The summed E-state index contributed by atoms with van der Waals surface area (Å²) >= 11 is 0. The van der Waals surface area contributed by atoms with E-state index in [0.717, 1.165) is 106 Å². The summed E-state index contributed by atoms with van der Waals surface area (Å²) in [5.74, 6) is 1.99. The normalized spacial score (nSPS) is 22.9. The number of carbonyl (C=O) groups excluding carboxylic acids is 1. The highest BCUT2D eigenvalue weighted by atomic mass is 16.5. The summed E-state index contributed by atoms with van der Waals surface area (Å²) in [5.41, 5.74) is 14.5. The number of nitrogens with zero attached hydrogens (tertiary/aromatic N) is 4. The van der Waals surface area contributed by atoms with Crippen LogP contribution >= 0.6 is 0 Å². The van der Waals surface area contributed by atoms with Gasteiger partial charge >= 0.3 is 0 Å². The molecule has 55 heavy (non-hydrogen) atoms. The number of pyridine rings is 1. The number of hydrogen-bond donors (Lipinski definition) is 1. The van der Waals surface area contributed by atoms with Gasteiger partial charge in [-0.2, -0.15) is 0 Å². The minimum atomic E-state index is -0.309. The molecular formula is C45H61N5O5. The summed E-state index contributed by atoms with van der Waals surface area (Å²) in [4.78, 5) is 33.2. The van der Waals surface area contributed by atoms with E-state index in [2.05, 4.69) is 54.8 Å². The van der Waals surface area contributed by atoms with Crippen LogP contribution in [0.15, 0.2) is 59.2 Å². The molecule has 296 valence electrons. The molecule has 1 amide bonds. The van der Waals surface area contributed by atoms with Crippen LogP contribution in [0.4, 0.5) is 0 Å². The summed E-state index contributed by atoms with van der Waals surface area (Å²) in [7, 11) is 3.47. The molecule has 0 bridgehead atoms. The Bertz CT molecular complexity index is 1970. The van der Waals surface area contributed by atoms with Crippen LogP contribution in [0.5, 0.6) is 11.5 Å². The van der Waals surface area contributed by atoms with Gasteiger partial charge in [-0.15, -0.1) is 0 Å². The molecule has 2 N–H and O–H groups in total. The largest absolute Gasteiger partial charge is 0.493 e. The minimum Gasteiger partial charge on any atom is -0.493 e. The van der Waals surface area contributed by atoms with Crippen LogP contribution in [0.2, 0.25) is 0 Å². The van der Waals surface area contributed by atoms with Gasteiger partial charge in [0.15, 0.2) is 11.5 Å². The van der Waals surface area contributed by atoms with E-state index in [-0.39, 0.29) is 29.2 Å². The molecule has 1 aromatic heterocycles. The van der Waals surface area contributed by atoms with E-state index >= 15 is 0 Å². The number of fused-ring (bicyclic) bond motifs is 1. The Balaban J connectivity index is 0.944. The Morgan fingerprint density at radius 1 is 0.982 bits per heavy atom. The lowest BCUT2D eigenvalue weighted by Crippen LogP contribution is -2.60. The molecule has 0 spiro atoms. The zero-order valence-corrected chi connectivity index (χ0v) is 34.0. The molecule has 10 nitrogen and oxygen atoms in total. The molecule has 1 saturated carbocycles. The van der Waals surface area contributed by atoms with Crippen LogP contribution in [0.25, 0.3) is 11.1 Å². The molecule has 3 aromatic rings. The van der Waals surface area contributed by atoms with Crippen LogP contribution in [-0.4, -0.2) is 95.9 Å². The second-order valence-corrected chi connectivity index (χ2v) is 16.9. The number of piperazine rings is 1. The van der Waals surface area contributed by atoms with Crippen molar-refractivity contribution >= 4 is 5.91 Å². The quantitative estimate of drug-likeness (QED) is 0.254. The van der Waals surface area contributed by atoms with Gasteiger partial charge in [0.05, 0.1) is 44.2 Å². The highest BCUT2D eigenvalue weighted by Gasteiger charge is 2.36. The fourth-order valence-electron chi connectivity index (χ4n) is 9.35. The molecule has 0 radical (unpaired) electrons. The first-order valence-corrected chi connectivity index (χ1v) is 20.3. The van der Waals surface area contributed by atoms with Crippen molar-refractivity contribution in [2.45, 2.75) is 96.9 Å². The molecule has 2 saturated heterocycles. The molecule has 4 heterocycles. The van der Waals surface area contributed by atoms with E-state index in [1.54, 1.807) is 18.7 Å². The average molecular weight is 752 g/mol. The number of rotatable bonds is 10. The van der Waals surface area contributed by atoms with Gasteiger partial charge in [-0.05, 0) is 125 Å². The molecule has 3 aliphatic heterocycles. The second-order valence-electron chi connectivity index (χ2n) is 16.9. The lowest BCUT2D eigenvalue weighted by molar-refractivity contribution is -0.129. The molecule has 1 atom stereocenters. The van der Waals surface area contributed by atoms with Gasteiger partial charge in [0.25, 0.3) is 11.5 Å². The number of aromatic nitrogens is 1. The van der Waals surface area contributed by atoms with Crippen molar-refractivity contribution in [3.63, 3.8) is 0 Å². The number of ether oxygens (including phenoxy) is 3. The minimum absolute atomic E-state index is 0.0262.